The molecule has 2 rings (SSSR count). The summed E-state index contributed by atoms with van der Waals surface area (Å²) in [5.41, 5.74) is 5.39. The second-order valence-corrected chi connectivity index (χ2v) is 10.1. The molecule has 1 aliphatic rings. The van der Waals surface area contributed by atoms with E-state index in [4.69, 9.17) is 0 Å². The summed E-state index contributed by atoms with van der Waals surface area (Å²) in [6, 6.07) is 10.7. The predicted octanol–water partition coefficient (Wildman–Crippen LogP) is 4.94. The van der Waals surface area contributed by atoms with Crippen molar-refractivity contribution in [2.75, 3.05) is 13.1 Å². The first kappa shape index (κ1) is 34.8. The number of hydrogen-bond acceptors (Lipinski definition) is 5. The van der Waals surface area contributed by atoms with Crippen LogP contribution >= 0.6 is 0 Å². The van der Waals surface area contributed by atoms with Crippen molar-refractivity contribution in [3.05, 3.63) is 70.3 Å². The topological polar surface area (TPSA) is 128 Å². The fourth-order valence-electron chi connectivity index (χ4n) is 3.37. The number of benzene rings is 1. The second-order valence-electron chi connectivity index (χ2n) is 8.64. The zero-order chi connectivity index (χ0) is 29.0. The fourth-order valence-corrected chi connectivity index (χ4v) is 4.14. The normalized spacial score (nSPS) is 14.8. The SMILES string of the molecule is CC.C\C=C/C=C(C)\C(C#N)=C(/C)CCCCCNC(=O)CCc1ccc(C)cc1.O=C1CNS(=O)(=O)N1. The summed E-state index contributed by atoms with van der Waals surface area (Å²) in [6.45, 7) is 12.6. The van der Waals surface area contributed by atoms with Crippen molar-refractivity contribution >= 4 is 22.0 Å². The first-order chi connectivity index (χ1) is 18.1. The number of nitriles is 1. The van der Waals surface area contributed by atoms with Gasteiger partial charge in [-0.1, -0.05) is 73.9 Å². The quantitative estimate of drug-likeness (QED) is 0.206. The number of nitrogens with one attached hydrogen (secondary N) is 3. The maximum atomic E-state index is 11.9. The number of rotatable bonds is 11. The lowest BCUT2D eigenvalue weighted by molar-refractivity contribution is -0.121. The molecule has 1 aromatic carbocycles. The number of carbonyl (C=O) groups excluding carboxylic acids is 2. The molecule has 0 spiro atoms. The first-order valence-electron chi connectivity index (χ1n) is 13.1. The molecule has 3 N–H and O–H groups in total. The third kappa shape index (κ3) is 15.8. The van der Waals surface area contributed by atoms with E-state index in [1.807, 2.05) is 57.6 Å². The summed E-state index contributed by atoms with van der Waals surface area (Å²) in [5.74, 6) is -0.391. The summed E-state index contributed by atoms with van der Waals surface area (Å²) < 4.78 is 24.1. The van der Waals surface area contributed by atoms with Crippen LogP contribution in [0.3, 0.4) is 0 Å². The largest absolute Gasteiger partial charge is 0.356 e. The minimum Gasteiger partial charge on any atom is -0.356 e. The van der Waals surface area contributed by atoms with Gasteiger partial charge >= 0.3 is 10.2 Å². The number of carbonyl (C=O) groups is 2. The molecule has 9 heteroatoms. The summed E-state index contributed by atoms with van der Waals surface area (Å²) in [4.78, 5) is 22.1. The number of unbranched alkanes of at least 4 members (excludes halogenated alkanes) is 2. The summed E-state index contributed by atoms with van der Waals surface area (Å²) in [7, 11) is -3.45. The van der Waals surface area contributed by atoms with Gasteiger partial charge in [0.25, 0.3) is 0 Å². The molecular weight excluding hydrogens is 500 g/mol. The highest BCUT2D eigenvalue weighted by Crippen LogP contribution is 2.19. The van der Waals surface area contributed by atoms with E-state index in [1.165, 1.54) is 11.1 Å². The van der Waals surface area contributed by atoms with Gasteiger partial charge in [0.2, 0.25) is 11.8 Å². The Hall–Kier alpha value is -3.22. The van der Waals surface area contributed by atoms with Crippen LogP contribution in [-0.4, -0.2) is 33.3 Å². The smallest absolute Gasteiger partial charge is 0.301 e. The van der Waals surface area contributed by atoms with Gasteiger partial charge in [0, 0.05) is 13.0 Å². The molecule has 0 radical (unpaired) electrons. The second kappa shape index (κ2) is 19.8. The molecule has 0 saturated carbocycles. The maximum Gasteiger partial charge on any atom is 0.301 e. The average Bonchev–Trinajstić information content (AvgIpc) is 3.22. The molecule has 0 atom stereocenters. The predicted molar refractivity (Wildman–Crippen MR) is 154 cm³/mol. The Morgan fingerprint density at radius 3 is 2.26 bits per heavy atom. The molecule has 8 nitrogen and oxygen atoms in total. The van der Waals surface area contributed by atoms with Crippen LogP contribution in [0.2, 0.25) is 0 Å². The lowest BCUT2D eigenvalue weighted by atomic mass is 9.98. The Balaban J connectivity index is 0.00000114. The fraction of sp³-hybridized carbons (Fsp3) is 0.483. The van der Waals surface area contributed by atoms with Gasteiger partial charge < -0.3 is 5.32 Å². The van der Waals surface area contributed by atoms with Gasteiger partial charge in [-0.2, -0.15) is 18.4 Å². The maximum absolute atomic E-state index is 11.9. The third-order valence-corrected chi connectivity index (χ3v) is 6.48. The van der Waals surface area contributed by atoms with Gasteiger partial charge in [-0.05, 0) is 64.5 Å². The van der Waals surface area contributed by atoms with Gasteiger partial charge in [-0.3, -0.25) is 9.59 Å². The van der Waals surface area contributed by atoms with Crippen LogP contribution in [-0.2, 0) is 26.2 Å². The molecule has 38 heavy (non-hydrogen) atoms. The molecule has 0 aromatic heterocycles. The van der Waals surface area contributed by atoms with Crippen molar-refractivity contribution in [3.8, 4) is 6.07 Å². The Morgan fingerprint density at radius 2 is 1.76 bits per heavy atom. The molecule has 0 aliphatic carbocycles. The van der Waals surface area contributed by atoms with Crippen molar-refractivity contribution in [1.29, 1.82) is 5.26 Å². The van der Waals surface area contributed by atoms with Crippen LogP contribution in [0.25, 0.3) is 0 Å². The number of hydrogen-bond donors (Lipinski definition) is 3. The Morgan fingerprint density at radius 1 is 1.11 bits per heavy atom. The van der Waals surface area contributed by atoms with Crippen LogP contribution in [0.5, 0.6) is 0 Å². The number of allylic oxidation sites excluding steroid dienone is 6. The van der Waals surface area contributed by atoms with Gasteiger partial charge in [-0.15, -0.1) is 0 Å². The molecule has 210 valence electrons. The van der Waals surface area contributed by atoms with Gasteiger partial charge in [-0.25, -0.2) is 4.72 Å². The van der Waals surface area contributed by atoms with E-state index in [9.17, 15) is 23.3 Å². The minimum absolute atomic E-state index is 0.119. The van der Waals surface area contributed by atoms with Crippen LogP contribution in [0, 0.1) is 18.3 Å². The van der Waals surface area contributed by atoms with E-state index in [0.29, 0.717) is 6.42 Å². The van der Waals surface area contributed by atoms with E-state index in [2.05, 4.69) is 42.6 Å². The zero-order valence-corrected chi connectivity index (χ0v) is 24.5. The van der Waals surface area contributed by atoms with Crippen LogP contribution in [0.15, 0.2) is 59.2 Å². The van der Waals surface area contributed by atoms with Gasteiger partial charge in [0.1, 0.15) is 0 Å². The third-order valence-electron chi connectivity index (χ3n) is 5.45. The van der Waals surface area contributed by atoms with E-state index < -0.39 is 16.1 Å². The molecule has 1 saturated heterocycles. The molecule has 2 amide bonds. The highest BCUT2D eigenvalue weighted by molar-refractivity contribution is 7.88. The van der Waals surface area contributed by atoms with Gasteiger partial charge in [0.05, 0.1) is 18.2 Å². The zero-order valence-electron chi connectivity index (χ0n) is 23.7. The number of nitrogens with zero attached hydrogens (tertiary/aromatic N) is 1. The first-order valence-corrected chi connectivity index (χ1v) is 14.6. The van der Waals surface area contributed by atoms with Crippen LogP contribution in [0.4, 0.5) is 0 Å². The Kier molecular flexibility index (Phi) is 18.2. The molecule has 0 bridgehead atoms. The van der Waals surface area contributed by atoms with E-state index in [0.717, 1.165) is 55.4 Å². The van der Waals surface area contributed by atoms with Crippen molar-refractivity contribution in [2.24, 2.45) is 0 Å². The van der Waals surface area contributed by atoms with Crippen molar-refractivity contribution in [3.63, 3.8) is 0 Å². The Bertz CT molecular complexity index is 1110. The molecule has 1 aliphatic heterocycles. The van der Waals surface area contributed by atoms with E-state index in [-0.39, 0.29) is 12.5 Å². The molecule has 1 heterocycles. The van der Waals surface area contributed by atoms with Crippen molar-refractivity contribution < 1.29 is 18.0 Å². The highest BCUT2D eigenvalue weighted by atomic mass is 32.2. The molecule has 0 unspecified atom stereocenters. The average molecular weight is 545 g/mol. The monoisotopic (exact) mass is 544 g/mol. The van der Waals surface area contributed by atoms with Gasteiger partial charge in [0.15, 0.2) is 0 Å². The molecule has 1 fully saturated rings. The summed E-state index contributed by atoms with van der Waals surface area (Å²) in [6.07, 6.45) is 11.2. The molecule has 1 aromatic rings. The minimum atomic E-state index is -3.45. The summed E-state index contributed by atoms with van der Waals surface area (Å²) in [5, 5.41) is 12.4. The van der Waals surface area contributed by atoms with E-state index >= 15 is 0 Å². The number of amides is 2. The van der Waals surface area contributed by atoms with Crippen LogP contribution in [0.1, 0.15) is 77.8 Å². The summed E-state index contributed by atoms with van der Waals surface area (Å²) >= 11 is 0. The Labute approximate surface area is 229 Å². The standard InChI is InChI=1S/C25H34N2O.C2H4N2O3S.C2H6/c1-5-6-10-21(3)24(19-26)22(4)11-8-7-9-18-27-25(28)17-16-23-14-12-20(2)13-15-23;5-2-1-3-8(6,7)4-2;1-2/h5-6,10,12-15H,7-9,11,16-18H2,1-4H3,(H,27,28);3H,1H2,(H,4,5);1-2H3/b6-5-,21-10-,24-22+;;. The van der Waals surface area contributed by atoms with E-state index in [1.54, 1.807) is 4.72 Å². The highest BCUT2D eigenvalue weighted by Gasteiger charge is 2.21. The molecular formula is C29H44N4O4S. The lowest BCUT2D eigenvalue weighted by Gasteiger charge is -2.08. The lowest BCUT2D eigenvalue weighted by Crippen LogP contribution is -2.24. The number of aryl methyl sites for hydroxylation is 2. The van der Waals surface area contributed by atoms with Crippen molar-refractivity contribution in [2.45, 2.75) is 80.1 Å². The van der Waals surface area contributed by atoms with Crippen molar-refractivity contribution in [1.82, 2.24) is 14.8 Å². The van der Waals surface area contributed by atoms with Crippen LogP contribution < -0.4 is 14.8 Å².